The molecule has 1 rings (SSSR count). The highest BCUT2D eigenvalue weighted by Gasteiger charge is 2.27. The summed E-state index contributed by atoms with van der Waals surface area (Å²) in [6, 6.07) is 2.97. The molecule has 1 amide bonds. The Morgan fingerprint density at radius 3 is 2.56 bits per heavy atom. The summed E-state index contributed by atoms with van der Waals surface area (Å²) in [7, 11) is 0. The van der Waals surface area contributed by atoms with Gasteiger partial charge >= 0.3 is 0 Å². The number of aromatic nitrogens is 1. The van der Waals surface area contributed by atoms with E-state index in [9.17, 15) is 4.79 Å². The summed E-state index contributed by atoms with van der Waals surface area (Å²) in [5.74, 6) is 0.287. The number of amides is 1. The van der Waals surface area contributed by atoms with Crippen LogP contribution in [0.2, 0.25) is 0 Å². The lowest BCUT2D eigenvalue weighted by atomic mass is 9.87. The Labute approximate surface area is 104 Å². The maximum absolute atomic E-state index is 11.8. The molecule has 0 saturated carbocycles. The first-order valence-corrected chi connectivity index (χ1v) is 5.78. The first-order valence-electron chi connectivity index (χ1n) is 4.98. The Morgan fingerprint density at radius 1 is 1.50 bits per heavy atom. The van der Waals surface area contributed by atoms with Crippen LogP contribution in [0.3, 0.4) is 0 Å². The van der Waals surface area contributed by atoms with E-state index < -0.39 is 6.04 Å². The Hall–Kier alpha value is -0.940. The highest BCUT2D eigenvalue weighted by molar-refractivity contribution is 9.10. The summed E-state index contributed by atoms with van der Waals surface area (Å²) in [5, 5.41) is 2.68. The molecular formula is C11H16BrN3O. The van der Waals surface area contributed by atoms with Gasteiger partial charge in [0, 0.05) is 10.7 Å². The predicted molar refractivity (Wildman–Crippen MR) is 68.0 cm³/mol. The minimum atomic E-state index is -0.557. The van der Waals surface area contributed by atoms with Crippen LogP contribution in [0.4, 0.5) is 5.82 Å². The van der Waals surface area contributed by atoms with Gasteiger partial charge in [-0.2, -0.15) is 0 Å². The molecule has 0 radical (unpaired) electrons. The fourth-order valence-electron chi connectivity index (χ4n) is 1.05. The smallest absolute Gasteiger partial charge is 0.242 e. The van der Waals surface area contributed by atoms with E-state index in [1.54, 1.807) is 12.3 Å². The third-order valence-corrected chi connectivity index (χ3v) is 2.66. The molecule has 0 aromatic carbocycles. The summed E-state index contributed by atoms with van der Waals surface area (Å²) in [5.41, 5.74) is 5.56. The van der Waals surface area contributed by atoms with E-state index >= 15 is 0 Å². The van der Waals surface area contributed by atoms with Gasteiger partial charge in [-0.05, 0) is 33.5 Å². The van der Waals surface area contributed by atoms with Crippen molar-refractivity contribution in [2.24, 2.45) is 11.1 Å². The maximum Gasteiger partial charge on any atom is 0.242 e. The van der Waals surface area contributed by atoms with Crippen molar-refractivity contribution in [1.82, 2.24) is 4.98 Å². The number of nitrogens with zero attached hydrogens (tertiary/aromatic N) is 1. The van der Waals surface area contributed by atoms with Crippen molar-refractivity contribution >= 4 is 27.7 Å². The summed E-state index contributed by atoms with van der Waals surface area (Å²) in [4.78, 5) is 15.8. The SMILES string of the molecule is CC(C)(C)C(N)C(=O)Nc1ccc(Br)cn1. The predicted octanol–water partition coefficient (Wildman–Crippen LogP) is 2.16. The van der Waals surface area contributed by atoms with Crippen LogP contribution in [0, 0.1) is 5.41 Å². The van der Waals surface area contributed by atoms with Crippen molar-refractivity contribution in [3.63, 3.8) is 0 Å². The molecule has 1 aromatic rings. The Balaban J connectivity index is 2.68. The number of hydrogen-bond acceptors (Lipinski definition) is 3. The molecule has 0 aliphatic rings. The van der Waals surface area contributed by atoms with E-state index in [4.69, 9.17) is 5.73 Å². The van der Waals surface area contributed by atoms with Gasteiger partial charge in [0.05, 0.1) is 6.04 Å². The number of anilines is 1. The molecule has 0 bridgehead atoms. The van der Waals surface area contributed by atoms with Gasteiger partial charge in [-0.15, -0.1) is 0 Å². The number of halogens is 1. The molecule has 0 fully saturated rings. The topological polar surface area (TPSA) is 68.0 Å². The standard InChI is InChI=1S/C11H16BrN3O/c1-11(2,3)9(13)10(16)15-8-5-4-7(12)6-14-8/h4-6,9H,13H2,1-3H3,(H,14,15,16). The van der Waals surface area contributed by atoms with Crippen molar-refractivity contribution in [2.75, 3.05) is 5.32 Å². The van der Waals surface area contributed by atoms with E-state index in [1.165, 1.54) is 0 Å². The van der Waals surface area contributed by atoms with Crippen molar-refractivity contribution < 1.29 is 4.79 Å². The number of nitrogens with two attached hydrogens (primary N) is 1. The summed E-state index contributed by atoms with van der Waals surface area (Å²) in [6.45, 7) is 5.77. The molecule has 1 aromatic heterocycles. The molecule has 0 aliphatic heterocycles. The molecule has 3 N–H and O–H groups in total. The minimum Gasteiger partial charge on any atom is -0.319 e. The molecule has 0 aliphatic carbocycles. The summed E-state index contributed by atoms with van der Waals surface area (Å²) < 4.78 is 0.866. The van der Waals surface area contributed by atoms with Gasteiger partial charge < -0.3 is 11.1 Å². The lowest BCUT2D eigenvalue weighted by molar-refractivity contribution is -0.119. The van der Waals surface area contributed by atoms with Crippen molar-refractivity contribution in [2.45, 2.75) is 26.8 Å². The number of pyridine rings is 1. The highest BCUT2D eigenvalue weighted by atomic mass is 79.9. The third kappa shape index (κ3) is 3.57. The van der Waals surface area contributed by atoms with Gasteiger partial charge in [0.15, 0.2) is 0 Å². The fraction of sp³-hybridized carbons (Fsp3) is 0.455. The molecule has 1 atom stereocenters. The second kappa shape index (κ2) is 4.93. The van der Waals surface area contributed by atoms with Gasteiger partial charge in [-0.25, -0.2) is 4.98 Å². The van der Waals surface area contributed by atoms with Gasteiger partial charge in [0.2, 0.25) is 5.91 Å². The average molecular weight is 286 g/mol. The second-order valence-corrected chi connectivity index (χ2v) is 5.61. The molecule has 0 saturated heterocycles. The van der Waals surface area contributed by atoms with E-state index in [1.807, 2.05) is 26.8 Å². The van der Waals surface area contributed by atoms with Crippen LogP contribution in [0.15, 0.2) is 22.8 Å². The number of carbonyl (C=O) groups is 1. The minimum absolute atomic E-state index is 0.220. The van der Waals surface area contributed by atoms with Crippen LogP contribution in [0.1, 0.15) is 20.8 Å². The average Bonchev–Trinajstić information content (AvgIpc) is 2.19. The number of hydrogen-bond donors (Lipinski definition) is 2. The third-order valence-electron chi connectivity index (χ3n) is 2.19. The van der Waals surface area contributed by atoms with Crippen molar-refractivity contribution in [3.8, 4) is 0 Å². The van der Waals surface area contributed by atoms with Crippen LogP contribution >= 0.6 is 15.9 Å². The molecular weight excluding hydrogens is 270 g/mol. The van der Waals surface area contributed by atoms with E-state index in [2.05, 4.69) is 26.2 Å². The first kappa shape index (κ1) is 13.1. The van der Waals surface area contributed by atoms with Crippen LogP contribution in [-0.4, -0.2) is 16.9 Å². The van der Waals surface area contributed by atoms with Crippen molar-refractivity contribution in [3.05, 3.63) is 22.8 Å². The molecule has 0 spiro atoms. The first-order chi connectivity index (χ1) is 7.30. The number of rotatable bonds is 2. The van der Waals surface area contributed by atoms with Gasteiger partial charge in [0.1, 0.15) is 5.82 Å². The van der Waals surface area contributed by atoms with E-state index in [0.717, 1.165) is 4.47 Å². The second-order valence-electron chi connectivity index (χ2n) is 4.69. The highest BCUT2D eigenvalue weighted by Crippen LogP contribution is 2.18. The zero-order valence-electron chi connectivity index (χ0n) is 9.62. The molecule has 16 heavy (non-hydrogen) atoms. The zero-order chi connectivity index (χ0) is 12.3. The van der Waals surface area contributed by atoms with E-state index in [0.29, 0.717) is 5.82 Å². The normalized spacial score (nSPS) is 13.3. The van der Waals surface area contributed by atoms with Gasteiger partial charge in [-0.3, -0.25) is 4.79 Å². The molecule has 1 heterocycles. The quantitative estimate of drug-likeness (QED) is 0.875. The van der Waals surface area contributed by atoms with Gasteiger partial charge in [-0.1, -0.05) is 20.8 Å². The largest absolute Gasteiger partial charge is 0.319 e. The molecule has 4 nitrogen and oxygen atoms in total. The Morgan fingerprint density at radius 2 is 2.12 bits per heavy atom. The lowest BCUT2D eigenvalue weighted by Crippen LogP contribution is -2.45. The molecule has 1 unspecified atom stereocenters. The Kier molecular flexibility index (Phi) is 4.04. The summed E-state index contributed by atoms with van der Waals surface area (Å²) >= 11 is 3.27. The van der Waals surface area contributed by atoms with Crippen molar-refractivity contribution in [1.29, 1.82) is 0 Å². The van der Waals surface area contributed by atoms with Crippen LogP contribution < -0.4 is 11.1 Å². The zero-order valence-corrected chi connectivity index (χ0v) is 11.2. The van der Waals surface area contributed by atoms with Crippen LogP contribution in [-0.2, 0) is 4.79 Å². The lowest BCUT2D eigenvalue weighted by Gasteiger charge is -2.25. The monoisotopic (exact) mass is 285 g/mol. The molecule has 88 valence electrons. The van der Waals surface area contributed by atoms with Crippen LogP contribution in [0.5, 0.6) is 0 Å². The number of carbonyl (C=O) groups excluding carboxylic acids is 1. The van der Waals surface area contributed by atoms with Crippen LogP contribution in [0.25, 0.3) is 0 Å². The van der Waals surface area contributed by atoms with E-state index in [-0.39, 0.29) is 11.3 Å². The maximum atomic E-state index is 11.8. The number of nitrogens with one attached hydrogen (secondary N) is 1. The fourth-order valence-corrected chi connectivity index (χ4v) is 1.28. The molecule has 5 heteroatoms. The van der Waals surface area contributed by atoms with Gasteiger partial charge in [0.25, 0.3) is 0 Å². The Bertz CT molecular complexity index is 370. The summed E-state index contributed by atoms with van der Waals surface area (Å²) in [6.07, 6.45) is 1.62.